The molecule has 1 saturated heterocycles. The molecule has 6 nitrogen and oxygen atoms in total. The Kier molecular flexibility index (Phi) is 5.96. The summed E-state index contributed by atoms with van der Waals surface area (Å²) in [5.74, 6) is 1.25. The average Bonchev–Trinajstić information content (AvgIpc) is 2.69. The Morgan fingerprint density at radius 3 is 2.38 bits per heavy atom. The van der Waals surface area contributed by atoms with Crippen molar-refractivity contribution in [1.29, 1.82) is 0 Å². The van der Waals surface area contributed by atoms with E-state index in [4.69, 9.17) is 9.47 Å². The van der Waals surface area contributed by atoms with Crippen molar-refractivity contribution >= 4 is 17.3 Å². The maximum Gasteiger partial charge on any atom is 0.238 e. The van der Waals surface area contributed by atoms with Gasteiger partial charge in [0.25, 0.3) is 0 Å². The number of carbonyl (C=O) groups excluding carboxylic acids is 1. The lowest BCUT2D eigenvalue weighted by atomic mass is 10.2. The van der Waals surface area contributed by atoms with Crippen LogP contribution in [0.4, 0.5) is 11.4 Å². The van der Waals surface area contributed by atoms with Crippen molar-refractivity contribution in [3.8, 4) is 11.5 Å². The highest BCUT2D eigenvalue weighted by Crippen LogP contribution is 2.28. The number of anilines is 2. The minimum absolute atomic E-state index is 0.0512. The fraction of sp³-hybridized carbons (Fsp3) is 0.350. The zero-order chi connectivity index (χ0) is 18.4. The second-order valence-corrected chi connectivity index (χ2v) is 6.21. The second kappa shape index (κ2) is 8.58. The molecule has 6 heteroatoms. The molecular formula is C20H25N3O3. The first-order valence-electron chi connectivity index (χ1n) is 8.74. The Labute approximate surface area is 154 Å². The first-order chi connectivity index (χ1) is 12.7. The molecule has 0 aromatic heterocycles. The van der Waals surface area contributed by atoms with Gasteiger partial charge in [0, 0.05) is 37.9 Å². The Bertz CT molecular complexity index is 728. The summed E-state index contributed by atoms with van der Waals surface area (Å²) in [5.41, 5.74) is 1.86. The molecule has 0 saturated carbocycles. The molecule has 0 spiro atoms. The molecule has 1 fully saturated rings. The van der Waals surface area contributed by atoms with Crippen LogP contribution in [0.15, 0.2) is 48.5 Å². The molecule has 138 valence electrons. The van der Waals surface area contributed by atoms with E-state index in [1.165, 1.54) is 5.69 Å². The molecule has 0 unspecified atom stereocenters. The summed E-state index contributed by atoms with van der Waals surface area (Å²) in [6.07, 6.45) is 0. The van der Waals surface area contributed by atoms with E-state index in [0.717, 1.165) is 26.2 Å². The minimum Gasteiger partial charge on any atom is -0.497 e. The van der Waals surface area contributed by atoms with Crippen molar-refractivity contribution < 1.29 is 14.3 Å². The van der Waals surface area contributed by atoms with E-state index in [1.54, 1.807) is 32.4 Å². The maximum absolute atomic E-state index is 12.4. The lowest BCUT2D eigenvalue weighted by Crippen LogP contribution is -2.48. The number of para-hydroxylation sites is 1. The summed E-state index contributed by atoms with van der Waals surface area (Å²) in [6, 6.07) is 15.7. The highest BCUT2D eigenvalue weighted by atomic mass is 16.5. The van der Waals surface area contributed by atoms with Crippen LogP contribution in [-0.4, -0.2) is 57.8 Å². The van der Waals surface area contributed by atoms with E-state index in [1.807, 2.05) is 6.07 Å². The summed E-state index contributed by atoms with van der Waals surface area (Å²) in [5, 5.41) is 2.93. The lowest BCUT2D eigenvalue weighted by molar-refractivity contribution is -0.117. The normalized spacial score (nSPS) is 14.8. The number of nitrogens with zero attached hydrogens (tertiary/aromatic N) is 2. The zero-order valence-corrected chi connectivity index (χ0v) is 15.3. The number of nitrogens with one attached hydrogen (secondary N) is 1. The highest BCUT2D eigenvalue weighted by molar-refractivity contribution is 5.94. The first kappa shape index (κ1) is 18.1. The molecule has 0 bridgehead atoms. The van der Waals surface area contributed by atoms with E-state index >= 15 is 0 Å². The van der Waals surface area contributed by atoms with Gasteiger partial charge in [-0.3, -0.25) is 9.69 Å². The molecule has 1 aliphatic heterocycles. The number of ether oxygens (including phenoxy) is 2. The standard InChI is InChI=1S/C20H25N3O3/c1-25-17-8-9-19(26-2)18(14-17)21-20(24)15-22-10-12-23(13-11-22)16-6-4-3-5-7-16/h3-9,14H,10-13,15H2,1-2H3,(H,21,24). The van der Waals surface area contributed by atoms with Crippen LogP contribution in [0.5, 0.6) is 11.5 Å². The summed E-state index contributed by atoms with van der Waals surface area (Å²) in [4.78, 5) is 17.0. The smallest absolute Gasteiger partial charge is 0.238 e. The molecule has 2 aromatic carbocycles. The molecule has 1 heterocycles. The topological polar surface area (TPSA) is 54.0 Å². The number of hydrogen-bond donors (Lipinski definition) is 1. The molecule has 2 aromatic rings. The van der Waals surface area contributed by atoms with Gasteiger partial charge >= 0.3 is 0 Å². The van der Waals surface area contributed by atoms with Gasteiger partial charge in [0.15, 0.2) is 0 Å². The molecule has 0 atom stereocenters. The number of piperazine rings is 1. The predicted molar refractivity (Wildman–Crippen MR) is 103 cm³/mol. The van der Waals surface area contributed by atoms with Crippen molar-refractivity contribution in [2.24, 2.45) is 0 Å². The van der Waals surface area contributed by atoms with Gasteiger partial charge in [0.05, 0.1) is 26.5 Å². The third-order valence-corrected chi connectivity index (χ3v) is 4.54. The number of benzene rings is 2. The monoisotopic (exact) mass is 355 g/mol. The number of methoxy groups -OCH3 is 2. The molecule has 26 heavy (non-hydrogen) atoms. The quantitative estimate of drug-likeness (QED) is 0.863. The van der Waals surface area contributed by atoms with Crippen LogP contribution in [0, 0.1) is 0 Å². The maximum atomic E-state index is 12.4. The molecular weight excluding hydrogens is 330 g/mol. The van der Waals surface area contributed by atoms with E-state index in [-0.39, 0.29) is 5.91 Å². The Hall–Kier alpha value is -2.73. The van der Waals surface area contributed by atoms with Crippen molar-refractivity contribution in [2.75, 3.05) is 57.2 Å². The highest BCUT2D eigenvalue weighted by Gasteiger charge is 2.19. The zero-order valence-electron chi connectivity index (χ0n) is 15.3. The Morgan fingerprint density at radius 1 is 1.00 bits per heavy atom. The van der Waals surface area contributed by atoms with E-state index < -0.39 is 0 Å². The van der Waals surface area contributed by atoms with Gasteiger partial charge in [-0.25, -0.2) is 0 Å². The van der Waals surface area contributed by atoms with Crippen LogP contribution < -0.4 is 19.7 Å². The third-order valence-electron chi connectivity index (χ3n) is 4.54. The van der Waals surface area contributed by atoms with Crippen LogP contribution in [-0.2, 0) is 4.79 Å². The van der Waals surface area contributed by atoms with Gasteiger partial charge < -0.3 is 19.7 Å². The molecule has 1 aliphatic rings. The van der Waals surface area contributed by atoms with Crippen LogP contribution in [0.2, 0.25) is 0 Å². The summed E-state index contributed by atoms with van der Waals surface area (Å²) >= 11 is 0. The summed E-state index contributed by atoms with van der Waals surface area (Å²) < 4.78 is 10.5. The van der Waals surface area contributed by atoms with E-state index in [2.05, 4.69) is 39.4 Å². The number of hydrogen-bond acceptors (Lipinski definition) is 5. The summed E-state index contributed by atoms with van der Waals surface area (Å²) in [7, 11) is 3.18. The predicted octanol–water partition coefficient (Wildman–Crippen LogP) is 2.46. The van der Waals surface area contributed by atoms with E-state index in [0.29, 0.717) is 23.7 Å². The van der Waals surface area contributed by atoms with Crippen LogP contribution in [0.1, 0.15) is 0 Å². The van der Waals surface area contributed by atoms with Gasteiger partial charge in [0.1, 0.15) is 11.5 Å². The van der Waals surface area contributed by atoms with Crippen molar-refractivity contribution in [3.05, 3.63) is 48.5 Å². The van der Waals surface area contributed by atoms with Crippen molar-refractivity contribution in [2.45, 2.75) is 0 Å². The molecule has 1 N–H and O–H groups in total. The largest absolute Gasteiger partial charge is 0.497 e. The lowest BCUT2D eigenvalue weighted by Gasteiger charge is -2.35. The first-order valence-corrected chi connectivity index (χ1v) is 8.74. The minimum atomic E-state index is -0.0512. The van der Waals surface area contributed by atoms with Crippen molar-refractivity contribution in [1.82, 2.24) is 4.90 Å². The Morgan fingerprint density at radius 2 is 1.73 bits per heavy atom. The molecule has 0 aliphatic carbocycles. The van der Waals surface area contributed by atoms with E-state index in [9.17, 15) is 4.79 Å². The van der Waals surface area contributed by atoms with Crippen molar-refractivity contribution in [3.63, 3.8) is 0 Å². The fourth-order valence-corrected chi connectivity index (χ4v) is 3.11. The summed E-state index contributed by atoms with van der Waals surface area (Å²) in [6.45, 7) is 3.91. The third kappa shape index (κ3) is 4.46. The number of carbonyl (C=O) groups is 1. The Balaban J connectivity index is 1.53. The average molecular weight is 355 g/mol. The molecule has 3 rings (SSSR count). The van der Waals surface area contributed by atoms with Gasteiger partial charge in [-0.1, -0.05) is 18.2 Å². The van der Waals surface area contributed by atoms with Crippen LogP contribution in [0.25, 0.3) is 0 Å². The number of amides is 1. The molecule has 0 radical (unpaired) electrons. The molecule has 1 amide bonds. The van der Waals surface area contributed by atoms with Gasteiger partial charge in [-0.05, 0) is 24.3 Å². The van der Waals surface area contributed by atoms with Gasteiger partial charge in [-0.2, -0.15) is 0 Å². The van der Waals surface area contributed by atoms with Crippen LogP contribution in [0.3, 0.4) is 0 Å². The van der Waals surface area contributed by atoms with Gasteiger partial charge in [0.2, 0.25) is 5.91 Å². The van der Waals surface area contributed by atoms with Gasteiger partial charge in [-0.15, -0.1) is 0 Å². The van der Waals surface area contributed by atoms with Crippen LogP contribution >= 0.6 is 0 Å². The SMILES string of the molecule is COc1ccc(OC)c(NC(=O)CN2CCN(c3ccccc3)CC2)c1. The fourth-order valence-electron chi connectivity index (χ4n) is 3.11. The second-order valence-electron chi connectivity index (χ2n) is 6.21. The number of rotatable bonds is 6.